The minimum atomic E-state index is -0.225. The van der Waals surface area contributed by atoms with E-state index in [2.05, 4.69) is 4.98 Å². The number of carbonyl (C=O) groups excluding carboxylic acids is 1. The zero-order valence-corrected chi connectivity index (χ0v) is 6.46. The van der Waals surface area contributed by atoms with Crippen LogP contribution in [0, 0.1) is 0 Å². The van der Waals surface area contributed by atoms with Gasteiger partial charge in [-0.2, -0.15) is 0 Å². The first-order valence-corrected chi connectivity index (χ1v) is 3.54. The van der Waals surface area contributed by atoms with E-state index in [1.54, 1.807) is 0 Å². The first-order chi connectivity index (χ1) is 5.29. The highest BCUT2D eigenvalue weighted by Crippen LogP contribution is 1.95. The molecule has 0 aliphatic heterocycles. The number of ether oxygens (including phenoxy) is 1. The van der Waals surface area contributed by atoms with Gasteiger partial charge in [-0.05, 0) is 12.1 Å². The summed E-state index contributed by atoms with van der Waals surface area (Å²) < 4.78 is 4.76. The number of rotatable bonds is 3. The van der Waals surface area contributed by atoms with Gasteiger partial charge in [0, 0.05) is 25.2 Å². The summed E-state index contributed by atoms with van der Waals surface area (Å²) in [7, 11) is 0. The predicted molar refractivity (Wildman–Crippen MR) is 41.1 cm³/mol. The van der Waals surface area contributed by atoms with Gasteiger partial charge >= 0.3 is 5.97 Å². The van der Waals surface area contributed by atoms with Crippen LogP contribution in [0.4, 0.5) is 0 Å². The molecule has 3 nitrogen and oxygen atoms in total. The van der Waals surface area contributed by atoms with Gasteiger partial charge in [0.05, 0.1) is 6.61 Å². The lowest BCUT2D eigenvalue weighted by atomic mass is 10.3. The SMILES string of the molecule is CC(=O)OCCc1ccc[nH]1. The molecular formula is C8H11NO2. The molecule has 0 spiro atoms. The fourth-order valence-corrected chi connectivity index (χ4v) is 0.828. The highest BCUT2D eigenvalue weighted by Gasteiger charge is 1.94. The van der Waals surface area contributed by atoms with Gasteiger partial charge in [0.25, 0.3) is 0 Å². The molecule has 0 saturated heterocycles. The smallest absolute Gasteiger partial charge is 0.302 e. The van der Waals surface area contributed by atoms with Crippen molar-refractivity contribution in [2.45, 2.75) is 13.3 Å². The molecule has 60 valence electrons. The third-order valence-corrected chi connectivity index (χ3v) is 1.34. The van der Waals surface area contributed by atoms with Gasteiger partial charge in [-0.15, -0.1) is 0 Å². The molecule has 0 aliphatic carbocycles. The number of aromatic nitrogens is 1. The van der Waals surface area contributed by atoms with Gasteiger partial charge in [-0.25, -0.2) is 0 Å². The molecule has 0 aromatic carbocycles. The molecule has 11 heavy (non-hydrogen) atoms. The Hall–Kier alpha value is -1.25. The van der Waals surface area contributed by atoms with Crippen molar-refractivity contribution in [2.75, 3.05) is 6.61 Å². The lowest BCUT2D eigenvalue weighted by Gasteiger charge is -1.98. The summed E-state index contributed by atoms with van der Waals surface area (Å²) in [6.07, 6.45) is 2.61. The Morgan fingerprint density at radius 3 is 3.09 bits per heavy atom. The average molecular weight is 153 g/mol. The molecule has 0 bridgehead atoms. The largest absolute Gasteiger partial charge is 0.465 e. The molecule has 0 fully saturated rings. The lowest BCUT2D eigenvalue weighted by Crippen LogP contribution is -2.03. The summed E-state index contributed by atoms with van der Waals surface area (Å²) in [5, 5.41) is 0. The van der Waals surface area contributed by atoms with Gasteiger partial charge in [0.1, 0.15) is 0 Å². The van der Waals surface area contributed by atoms with Crippen molar-refractivity contribution in [3.63, 3.8) is 0 Å². The van der Waals surface area contributed by atoms with Crippen LogP contribution in [0.2, 0.25) is 0 Å². The summed E-state index contributed by atoms with van der Waals surface area (Å²) in [6, 6.07) is 3.88. The molecule has 1 heterocycles. The summed E-state index contributed by atoms with van der Waals surface area (Å²) in [4.78, 5) is 13.4. The van der Waals surface area contributed by atoms with Crippen LogP contribution < -0.4 is 0 Å². The second-order valence-electron chi connectivity index (χ2n) is 2.29. The van der Waals surface area contributed by atoms with E-state index in [0.717, 1.165) is 12.1 Å². The highest BCUT2D eigenvalue weighted by atomic mass is 16.5. The molecule has 0 amide bonds. The Labute approximate surface area is 65.4 Å². The van der Waals surface area contributed by atoms with E-state index in [4.69, 9.17) is 4.74 Å². The van der Waals surface area contributed by atoms with Crippen molar-refractivity contribution in [3.05, 3.63) is 24.0 Å². The second-order valence-corrected chi connectivity index (χ2v) is 2.29. The summed E-state index contributed by atoms with van der Waals surface area (Å²) in [6.45, 7) is 1.87. The second kappa shape index (κ2) is 3.81. The Balaban J connectivity index is 2.19. The predicted octanol–water partition coefficient (Wildman–Crippen LogP) is 1.12. The number of nitrogens with one attached hydrogen (secondary N) is 1. The molecule has 3 heteroatoms. The van der Waals surface area contributed by atoms with E-state index in [-0.39, 0.29) is 5.97 Å². The van der Waals surface area contributed by atoms with Crippen LogP contribution >= 0.6 is 0 Å². The van der Waals surface area contributed by atoms with Crippen molar-refractivity contribution in [3.8, 4) is 0 Å². The van der Waals surface area contributed by atoms with Crippen LogP contribution in [0.25, 0.3) is 0 Å². The van der Waals surface area contributed by atoms with E-state index in [1.165, 1.54) is 6.92 Å². The fraction of sp³-hybridized carbons (Fsp3) is 0.375. The van der Waals surface area contributed by atoms with E-state index in [1.807, 2.05) is 18.3 Å². The van der Waals surface area contributed by atoms with Gasteiger partial charge in [0.2, 0.25) is 0 Å². The van der Waals surface area contributed by atoms with Crippen molar-refractivity contribution >= 4 is 5.97 Å². The quantitative estimate of drug-likeness (QED) is 0.661. The number of H-pyrrole nitrogens is 1. The summed E-state index contributed by atoms with van der Waals surface area (Å²) in [5.41, 5.74) is 1.09. The number of hydrogen-bond acceptors (Lipinski definition) is 2. The van der Waals surface area contributed by atoms with E-state index in [9.17, 15) is 4.79 Å². The highest BCUT2D eigenvalue weighted by molar-refractivity contribution is 5.65. The van der Waals surface area contributed by atoms with Crippen LogP contribution in [0.15, 0.2) is 18.3 Å². The van der Waals surface area contributed by atoms with Gasteiger partial charge in [-0.1, -0.05) is 0 Å². The molecule has 1 rings (SSSR count). The van der Waals surface area contributed by atoms with Crippen molar-refractivity contribution in [2.24, 2.45) is 0 Å². The molecule has 1 aromatic heterocycles. The zero-order chi connectivity index (χ0) is 8.10. The Morgan fingerprint density at radius 2 is 2.55 bits per heavy atom. The molecule has 0 saturated carbocycles. The van der Waals surface area contributed by atoms with Crippen molar-refractivity contribution in [1.29, 1.82) is 0 Å². The van der Waals surface area contributed by atoms with Crippen LogP contribution in [0.3, 0.4) is 0 Å². The third-order valence-electron chi connectivity index (χ3n) is 1.34. The van der Waals surface area contributed by atoms with Gasteiger partial charge in [0.15, 0.2) is 0 Å². The van der Waals surface area contributed by atoms with Crippen LogP contribution in [0.1, 0.15) is 12.6 Å². The van der Waals surface area contributed by atoms with E-state index < -0.39 is 0 Å². The van der Waals surface area contributed by atoms with Crippen LogP contribution in [-0.4, -0.2) is 17.6 Å². The standard InChI is InChI=1S/C8H11NO2/c1-7(10)11-6-4-8-3-2-5-9-8/h2-3,5,9H,4,6H2,1H3. The maximum atomic E-state index is 10.3. The Bertz CT molecular complexity index is 216. The van der Waals surface area contributed by atoms with Crippen molar-refractivity contribution in [1.82, 2.24) is 4.98 Å². The zero-order valence-electron chi connectivity index (χ0n) is 6.46. The normalized spacial score (nSPS) is 9.55. The number of hydrogen-bond donors (Lipinski definition) is 1. The third kappa shape index (κ3) is 2.89. The molecule has 0 unspecified atom stereocenters. The number of aromatic amines is 1. The lowest BCUT2D eigenvalue weighted by molar-refractivity contribution is -0.140. The molecule has 0 atom stereocenters. The Kier molecular flexibility index (Phi) is 2.72. The minimum absolute atomic E-state index is 0.225. The molecule has 1 N–H and O–H groups in total. The van der Waals surface area contributed by atoms with E-state index >= 15 is 0 Å². The number of carbonyl (C=O) groups is 1. The molecular weight excluding hydrogens is 142 g/mol. The van der Waals surface area contributed by atoms with E-state index in [0.29, 0.717) is 6.61 Å². The first-order valence-electron chi connectivity index (χ1n) is 3.54. The van der Waals surface area contributed by atoms with Gasteiger partial charge < -0.3 is 9.72 Å². The molecule has 1 aromatic rings. The van der Waals surface area contributed by atoms with Crippen LogP contribution in [0.5, 0.6) is 0 Å². The summed E-state index contributed by atoms with van der Waals surface area (Å²) >= 11 is 0. The summed E-state index contributed by atoms with van der Waals surface area (Å²) in [5.74, 6) is -0.225. The van der Waals surface area contributed by atoms with Gasteiger partial charge in [-0.3, -0.25) is 4.79 Å². The topological polar surface area (TPSA) is 42.1 Å². The Morgan fingerprint density at radius 1 is 1.73 bits per heavy atom. The monoisotopic (exact) mass is 153 g/mol. The molecule has 0 aliphatic rings. The molecule has 0 radical (unpaired) electrons. The first kappa shape index (κ1) is 7.85. The van der Waals surface area contributed by atoms with Crippen molar-refractivity contribution < 1.29 is 9.53 Å². The minimum Gasteiger partial charge on any atom is -0.465 e. The average Bonchev–Trinajstić information content (AvgIpc) is 2.39. The maximum absolute atomic E-state index is 10.3. The number of esters is 1. The maximum Gasteiger partial charge on any atom is 0.302 e. The van der Waals surface area contributed by atoms with Crippen LogP contribution in [-0.2, 0) is 16.0 Å². The fourth-order valence-electron chi connectivity index (χ4n) is 0.828.